The van der Waals surface area contributed by atoms with Gasteiger partial charge in [-0.3, -0.25) is 4.79 Å². The van der Waals surface area contributed by atoms with Gasteiger partial charge < -0.3 is 14.8 Å². The van der Waals surface area contributed by atoms with Crippen LogP contribution in [0.3, 0.4) is 0 Å². The van der Waals surface area contributed by atoms with Gasteiger partial charge in [0.2, 0.25) is 0 Å². The van der Waals surface area contributed by atoms with Crippen LogP contribution in [-0.4, -0.2) is 30.3 Å². The Labute approximate surface area is 182 Å². The lowest BCUT2D eigenvalue weighted by Crippen LogP contribution is -2.58. The first-order valence-corrected chi connectivity index (χ1v) is 10.3. The maximum atomic E-state index is 13.1. The summed E-state index contributed by atoms with van der Waals surface area (Å²) in [5, 5.41) is 3.30. The number of alkyl halides is 6. The topological polar surface area (TPSA) is 47.6 Å². The van der Waals surface area contributed by atoms with Crippen molar-refractivity contribution in [3.63, 3.8) is 0 Å². The molecule has 0 radical (unpaired) electrons. The number of esters is 1. The van der Waals surface area contributed by atoms with Crippen LogP contribution in [0.4, 0.5) is 26.3 Å². The highest BCUT2D eigenvalue weighted by atomic mass is 19.4. The number of piperidine rings is 1. The number of halogens is 6. The quantitative estimate of drug-likeness (QED) is 0.459. The normalized spacial score (nSPS) is 29.2. The highest BCUT2D eigenvalue weighted by molar-refractivity contribution is 5.78. The summed E-state index contributed by atoms with van der Waals surface area (Å²) >= 11 is 0. The highest BCUT2D eigenvalue weighted by Gasteiger charge is 2.54. The van der Waals surface area contributed by atoms with E-state index in [4.69, 9.17) is 9.47 Å². The first-order chi connectivity index (χ1) is 14.4. The number of rotatable bonds is 4. The van der Waals surface area contributed by atoms with Crippen molar-refractivity contribution >= 4 is 5.97 Å². The second-order valence-electron chi connectivity index (χ2n) is 9.84. The molecule has 0 bridgehead atoms. The molecule has 0 aromatic heterocycles. The Balaban J connectivity index is 1.68. The van der Waals surface area contributed by atoms with Crippen LogP contribution in [0.2, 0.25) is 0 Å². The van der Waals surface area contributed by atoms with E-state index in [0.29, 0.717) is 37.9 Å². The Bertz CT molecular complexity index is 837. The molecular weight excluding hydrogens is 440 g/mol. The van der Waals surface area contributed by atoms with Crippen LogP contribution in [-0.2, 0) is 26.6 Å². The molecule has 1 aromatic rings. The fourth-order valence-corrected chi connectivity index (χ4v) is 4.28. The van der Waals surface area contributed by atoms with Crippen LogP contribution >= 0.6 is 0 Å². The molecule has 0 aliphatic carbocycles. The zero-order chi connectivity index (χ0) is 24.2. The third-order valence-corrected chi connectivity index (χ3v) is 6.33. The Kier molecular flexibility index (Phi) is 6.13. The molecule has 3 atom stereocenters. The molecule has 0 amide bonds. The number of carbonyl (C=O) groups is 1. The molecule has 0 saturated carbocycles. The molecule has 1 N–H and O–H groups in total. The molecule has 2 saturated heterocycles. The van der Waals surface area contributed by atoms with Gasteiger partial charge in [0.15, 0.2) is 0 Å². The summed E-state index contributed by atoms with van der Waals surface area (Å²) in [5.41, 5.74) is -4.67. The van der Waals surface area contributed by atoms with Gasteiger partial charge in [-0.1, -0.05) is 0 Å². The van der Waals surface area contributed by atoms with Crippen molar-refractivity contribution in [2.75, 3.05) is 13.2 Å². The first kappa shape index (κ1) is 24.8. The Morgan fingerprint density at radius 3 is 2.00 bits per heavy atom. The molecule has 32 heavy (non-hydrogen) atoms. The predicted octanol–water partition coefficient (Wildman–Crippen LogP) is 5.66. The zero-order valence-corrected chi connectivity index (χ0v) is 18.3. The van der Waals surface area contributed by atoms with Gasteiger partial charge in [0.1, 0.15) is 5.60 Å². The molecule has 3 rings (SSSR count). The molecule has 1 spiro atoms. The Morgan fingerprint density at radius 2 is 1.59 bits per heavy atom. The van der Waals surface area contributed by atoms with Gasteiger partial charge in [-0.25, -0.2) is 0 Å². The number of carbonyl (C=O) groups excluding carboxylic acids is 1. The van der Waals surface area contributed by atoms with Gasteiger partial charge in [-0.2, -0.15) is 26.3 Å². The van der Waals surface area contributed by atoms with Crippen molar-refractivity contribution in [3.8, 4) is 0 Å². The van der Waals surface area contributed by atoms with Gasteiger partial charge in [-0.15, -0.1) is 0 Å². The molecule has 2 fully saturated rings. The predicted molar refractivity (Wildman–Crippen MR) is 104 cm³/mol. The first-order valence-electron chi connectivity index (χ1n) is 10.3. The maximum Gasteiger partial charge on any atom is 0.416 e. The largest absolute Gasteiger partial charge is 0.457 e. The van der Waals surface area contributed by atoms with Crippen LogP contribution < -0.4 is 5.32 Å². The average Bonchev–Trinajstić information content (AvgIpc) is 2.89. The number of hydrogen-bond donors (Lipinski definition) is 1. The second-order valence-corrected chi connectivity index (χ2v) is 9.84. The molecule has 10 heteroatoms. The second kappa shape index (κ2) is 7.90. The SMILES string of the molecule is C[C@@H](OC[C@@]1(C)CCC2(CN1)CC(C)(C)C(=O)O2)c1cc(C(F)(F)F)cc(C(F)(F)F)c1. The molecular formula is C22H27F6NO3. The van der Waals surface area contributed by atoms with Crippen LogP contribution in [0.15, 0.2) is 18.2 Å². The Morgan fingerprint density at radius 1 is 1.03 bits per heavy atom. The van der Waals surface area contributed by atoms with E-state index in [1.54, 1.807) is 0 Å². The van der Waals surface area contributed by atoms with Gasteiger partial charge in [0.05, 0.1) is 29.3 Å². The smallest absolute Gasteiger partial charge is 0.416 e. The standard InChI is InChI=1S/C22H27F6NO3/c1-13(14-7-15(21(23,24)25)9-16(8-14)22(26,27)28)31-12-19(4)5-6-20(11-29-19)10-18(2,3)17(30)32-20/h7-9,13,29H,5-6,10-12H2,1-4H3/t13-,19-,20?/m1/s1. The van der Waals surface area contributed by atoms with Crippen LogP contribution in [0.1, 0.15) is 69.8 Å². The van der Waals surface area contributed by atoms with Crippen molar-refractivity contribution in [2.24, 2.45) is 5.41 Å². The van der Waals surface area contributed by atoms with Crippen LogP contribution in [0.25, 0.3) is 0 Å². The minimum atomic E-state index is -4.91. The summed E-state index contributed by atoms with van der Waals surface area (Å²) in [5.74, 6) is -0.252. The fraction of sp³-hybridized carbons (Fsp3) is 0.682. The molecule has 4 nitrogen and oxygen atoms in total. The van der Waals surface area contributed by atoms with E-state index in [-0.39, 0.29) is 24.2 Å². The fourth-order valence-electron chi connectivity index (χ4n) is 4.28. The molecule has 180 valence electrons. The van der Waals surface area contributed by atoms with Crippen molar-refractivity contribution in [1.82, 2.24) is 5.32 Å². The molecule has 1 unspecified atom stereocenters. The lowest BCUT2D eigenvalue weighted by molar-refractivity contribution is -0.155. The van der Waals surface area contributed by atoms with E-state index in [1.165, 1.54) is 6.92 Å². The van der Waals surface area contributed by atoms with Crippen molar-refractivity contribution in [3.05, 3.63) is 34.9 Å². The molecule has 1 aromatic carbocycles. The van der Waals surface area contributed by atoms with E-state index < -0.39 is 46.1 Å². The van der Waals surface area contributed by atoms with Gasteiger partial charge in [0.25, 0.3) is 0 Å². The molecule has 2 aliphatic heterocycles. The highest BCUT2D eigenvalue weighted by Crippen LogP contribution is 2.45. The van der Waals surface area contributed by atoms with E-state index in [1.807, 2.05) is 20.8 Å². The van der Waals surface area contributed by atoms with Gasteiger partial charge >= 0.3 is 18.3 Å². The minimum Gasteiger partial charge on any atom is -0.457 e. The average molecular weight is 467 g/mol. The zero-order valence-electron chi connectivity index (χ0n) is 18.3. The van der Waals surface area contributed by atoms with E-state index >= 15 is 0 Å². The third-order valence-electron chi connectivity index (χ3n) is 6.33. The third kappa shape index (κ3) is 5.22. The summed E-state index contributed by atoms with van der Waals surface area (Å²) in [6.07, 6.45) is -9.08. The van der Waals surface area contributed by atoms with Crippen molar-refractivity contribution in [1.29, 1.82) is 0 Å². The van der Waals surface area contributed by atoms with Crippen molar-refractivity contribution < 1.29 is 40.6 Å². The summed E-state index contributed by atoms with van der Waals surface area (Å²) in [6.45, 7) is 7.41. The van der Waals surface area contributed by atoms with E-state index in [9.17, 15) is 31.1 Å². The maximum absolute atomic E-state index is 13.1. The Hall–Kier alpha value is -1.81. The number of nitrogens with one attached hydrogen (secondary N) is 1. The van der Waals surface area contributed by atoms with Gasteiger partial charge in [0, 0.05) is 18.5 Å². The van der Waals surface area contributed by atoms with Gasteiger partial charge in [-0.05, 0) is 64.3 Å². The molecule has 2 heterocycles. The lowest BCUT2D eigenvalue weighted by atomic mass is 9.76. The van der Waals surface area contributed by atoms with Crippen LogP contribution in [0.5, 0.6) is 0 Å². The summed E-state index contributed by atoms with van der Waals surface area (Å²) in [4.78, 5) is 12.1. The summed E-state index contributed by atoms with van der Waals surface area (Å²) in [7, 11) is 0. The lowest BCUT2D eigenvalue weighted by Gasteiger charge is -2.43. The monoisotopic (exact) mass is 467 g/mol. The van der Waals surface area contributed by atoms with Crippen molar-refractivity contribution in [2.45, 2.75) is 76.6 Å². The van der Waals surface area contributed by atoms with Crippen LogP contribution in [0, 0.1) is 5.41 Å². The van der Waals surface area contributed by atoms with E-state index in [2.05, 4.69) is 5.32 Å². The number of ether oxygens (including phenoxy) is 2. The minimum absolute atomic E-state index is 0.0686. The number of hydrogen-bond acceptors (Lipinski definition) is 4. The molecule has 2 aliphatic rings. The van der Waals surface area contributed by atoms with E-state index in [0.717, 1.165) is 0 Å². The number of benzene rings is 1. The summed E-state index contributed by atoms with van der Waals surface area (Å²) < 4.78 is 90.0. The summed E-state index contributed by atoms with van der Waals surface area (Å²) in [6, 6.07) is 1.47.